The summed E-state index contributed by atoms with van der Waals surface area (Å²) in [6, 6.07) is 10.2. The van der Waals surface area contributed by atoms with E-state index in [-0.39, 0.29) is 13.0 Å². The van der Waals surface area contributed by atoms with Gasteiger partial charge in [-0.1, -0.05) is 18.2 Å². The minimum Gasteiger partial charge on any atom is -0.488 e. The fourth-order valence-electron chi connectivity index (χ4n) is 2.73. The number of halogens is 3. The molecule has 3 rings (SSSR count). The third-order valence-electron chi connectivity index (χ3n) is 4.38. The molecule has 2 aromatic carbocycles. The molecule has 4 nitrogen and oxygen atoms in total. The van der Waals surface area contributed by atoms with Crippen molar-refractivity contribution in [2.24, 2.45) is 0 Å². The highest BCUT2D eigenvalue weighted by atomic mass is 32.1. The summed E-state index contributed by atoms with van der Waals surface area (Å²) in [7, 11) is 0. The summed E-state index contributed by atoms with van der Waals surface area (Å²) in [5.41, 5.74) is 2.20. The van der Waals surface area contributed by atoms with Crippen LogP contribution < -0.4 is 4.74 Å². The van der Waals surface area contributed by atoms with Crippen molar-refractivity contribution in [3.8, 4) is 16.3 Å². The SMILES string of the molecule is Cc1ccc(OCc2sc(-c3ccc(C(F)(F)F)cc3)nc2C)cc1CC(=O)O. The highest BCUT2D eigenvalue weighted by Gasteiger charge is 2.30. The van der Waals surface area contributed by atoms with E-state index in [1.165, 1.54) is 23.5 Å². The molecule has 3 aromatic rings. The van der Waals surface area contributed by atoms with E-state index in [2.05, 4.69) is 4.98 Å². The average molecular weight is 421 g/mol. The monoisotopic (exact) mass is 421 g/mol. The smallest absolute Gasteiger partial charge is 0.416 e. The minimum absolute atomic E-state index is 0.0827. The van der Waals surface area contributed by atoms with E-state index in [9.17, 15) is 18.0 Å². The Balaban J connectivity index is 1.74. The zero-order chi connectivity index (χ0) is 21.2. The lowest BCUT2D eigenvalue weighted by Gasteiger charge is -2.09. The van der Waals surface area contributed by atoms with Gasteiger partial charge in [-0.25, -0.2) is 4.98 Å². The fourth-order valence-corrected chi connectivity index (χ4v) is 3.71. The van der Waals surface area contributed by atoms with Crippen molar-refractivity contribution in [1.29, 1.82) is 0 Å². The summed E-state index contributed by atoms with van der Waals surface area (Å²) in [5.74, 6) is -0.361. The number of aromatic nitrogens is 1. The molecule has 1 N–H and O–H groups in total. The van der Waals surface area contributed by atoms with Crippen LogP contribution in [-0.4, -0.2) is 16.1 Å². The topological polar surface area (TPSA) is 59.4 Å². The number of benzene rings is 2. The van der Waals surface area contributed by atoms with E-state index in [1.807, 2.05) is 13.8 Å². The van der Waals surface area contributed by atoms with Gasteiger partial charge in [-0.15, -0.1) is 11.3 Å². The zero-order valence-electron chi connectivity index (χ0n) is 15.7. The van der Waals surface area contributed by atoms with Crippen LogP contribution in [0.3, 0.4) is 0 Å². The molecule has 1 heterocycles. The van der Waals surface area contributed by atoms with Crippen molar-refractivity contribution >= 4 is 17.3 Å². The Hall–Kier alpha value is -2.87. The second-order valence-corrected chi connectivity index (χ2v) is 7.63. The quantitative estimate of drug-likeness (QED) is 0.559. The molecule has 0 atom stereocenters. The number of carboxylic acids is 1. The van der Waals surface area contributed by atoms with Gasteiger partial charge >= 0.3 is 12.1 Å². The first-order valence-electron chi connectivity index (χ1n) is 8.71. The molecule has 0 bridgehead atoms. The van der Waals surface area contributed by atoms with Crippen molar-refractivity contribution in [1.82, 2.24) is 4.98 Å². The Morgan fingerprint density at radius 2 is 1.83 bits per heavy atom. The first-order chi connectivity index (χ1) is 13.6. The maximum Gasteiger partial charge on any atom is 0.416 e. The van der Waals surface area contributed by atoms with Gasteiger partial charge in [-0.3, -0.25) is 4.79 Å². The molecule has 0 fully saturated rings. The van der Waals surface area contributed by atoms with Crippen LogP contribution in [-0.2, 0) is 24.0 Å². The molecule has 0 unspecified atom stereocenters. The number of carbonyl (C=O) groups is 1. The molecule has 0 spiro atoms. The van der Waals surface area contributed by atoms with Gasteiger partial charge < -0.3 is 9.84 Å². The van der Waals surface area contributed by atoms with E-state index in [1.54, 1.807) is 18.2 Å². The number of aliphatic carboxylic acids is 1. The average Bonchev–Trinajstić information content (AvgIpc) is 3.02. The van der Waals surface area contributed by atoms with Crippen LogP contribution >= 0.6 is 11.3 Å². The van der Waals surface area contributed by atoms with Crippen LogP contribution in [0, 0.1) is 13.8 Å². The molecule has 0 aliphatic rings. The van der Waals surface area contributed by atoms with E-state index < -0.39 is 17.7 Å². The molecule has 0 radical (unpaired) electrons. The highest BCUT2D eigenvalue weighted by molar-refractivity contribution is 7.15. The van der Waals surface area contributed by atoms with Gasteiger partial charge in [0.2, 0.25) is 0 Å². The van der Waals surface area contributed by atoms with Crippen molar-refractivity contribution in [3.63, 3.8) is 0 Å². The number of hydrogen-bond acceptors (Lipinski definition) is 4. The van der Waals surface area contributed by atoms with E-state index >= 15 is 0 Å². The molecular formula is C21H18F3NO3S. The zero-order valence-corrected chi connectivity index (χ0v) is 16.5. The lowest BCUT2D eigenvalue weighted by atomic mass is 10.1. The van der Waals surface area contributed by atoms with Gasteiger partial charge in [0.05, 0.1) is 22.6 Å². The van der Waals surface area contributed by atoms with Crippen molar-refractivity contribution < 1.29 is 27.8 Å². The largest absolute Gasteiger partial charge is 0.488 e. The van der Waals surface area contributed by atoms with Gasteiger partial charge in [-0.2, -0.15) is 13.2 Å². The molecular weight excluding hydrogens is 403 g/mol. The Labute approximate surface area is 169 Å². The summed E-state index contributed by atoms with van der Waals surface area (Å²) < 4.78 is 43.9. The summed E-state index contributed by atoms with van der Waals surface area (Å²) in [6.07, 6.45) is -4.45. The number of ether oxygens (including phenoxy) is 1. The maximum absolute atomic E-state index is 12.7. The Kier molecular flexibility index (Phi) is 5.93. The Morgan fingerprint density at radius 3 is 2.45 bits per heavy atom. The molecule has 0 saturated heterocycles. The summed E-state index contributed by atoms with van der Waals surface area (Å²) in [4.78, 5) is 16.2. The summed E-state index contributed by atoms with van der Waals surface area (Å²) >= 11 is 1.35. The molecule has 1 aromatic heterocycles. The minimum atomic E-state index is -4.37. The second-order valence-electron chi connectivity index (χ2n) is 6.55. The number of hydrogen-bond donors (Lipinski definition) is 1. The van der Waals surface area contributed by atoms with Crippen LogP contribution in [0.5, 0.6) is 5.75 Å². The van der Waals surface area contributed by atoms with Crippen LogP contribution in [0.15, 0.2) is 42.5 Å². The molecule has 0 saturated carbocycles. The standard InChI is InChI=1S/C21H18F3NO3S/c1-12-3-8-17(9-15(12)10-19(26)27)28-11-18-13(2)25-20(29-18)14-4-6-16(7-5-14)21(22,23)24/h3-9H,10-11H2,1-2H3,(H,26,27). The van der Waals surface area contributed by atoms with Gasteiger partial charge in [0.25, 0.3) is 0 Å². The van der Waals surface area contributed by atoms with Crippen LogP contribution in [0.4, 0.5) is 13.2 Å². The van der Waals surface area contributed by atoms with Crippen molar-refractivity contribution in [2.75, 3.05) is 0 Å². The Morgan fingerprint density at radius 1 is 1.14 bits per heavy atom. The van der Waals surface area contributed by atoms with Crippen LogP contribution in [0.2, 0.25) is 0 Å². The predicted octanol–water partition coefficient (Wildman–Crippen LogP) is 5.65. The summed E-state index contributed by atoms with van der Waals surface area (Å²) in [6.45, 7) is 3.89. The van der Waals surface area contributed by atoms with Gasteiger partial charge in [-0.05, 0) is 49.2 Å². The van der Waals surface area contributed by atoms with Crippen LogP contribution in [0.1, 0.15) is 27.3 Å². The van der Waals surface area contributed by atoms with Crippen LogP contribution in [0.25, 0.3) is 10.6 Å². The number of rotatable bonds is 6. The number of carboxylic acid groups (broad SMARTS) is 1. The van der Waals surface area contributed by atoms with Gasteiger partial charge in [0, 0.05) is 5.56 Å². The summed E-state index contributed by atoms with van der Waals surface area (Å²) in [5, 5.41) is 9.61. The number of alkyl halides is 3. The normalized spacial score (nSPS) is 11.5. The fraction of sp³-hybridized carbons (Fsp3) is 0.238. The van der Waals surface area contributed by atoms with Gasteiger partial charge in [0.1, 0.15) is 17.4 Å². The lowest BCUT2D eigenvalue weighted by molar-refractivity contribution is -0.138. The Bertz CT molecular complexity index is 1030. The lowest BCUT2D eigenvalue weighted by Crippen LogP contribution is -2.03. The molecule has 8 heteroatoms. The van der Waals surface area contributed by atoms with E-state index in [4.69, 9.17) is 9.84 Å². The van der Waals surface area contributed by atoms with E-state index in [0.717, 1.165) is 28.3 Å². The first-order valence-corrected chi connectivity index (χ1v) is 9.53. The predicted molar refractivity (Wildman–Crippen MR) is 104 cm³/mol. The second kappa shape index (κ2) is 8.24. The van der Waals surface area contributed by atoms with Crippen molar-refractivity contribution in [3.05, 3.63) is 69.7 Å². The molecule has 29 heavy (non-hydrogen) atoms. The van der Waals surface area contributed by atoms with Gasteiger partial charge in [0.15, 0.2) is 0 Å². The molecule has 152 valence electrons. The third kappa shape index (κ3) is 5.14. The van der Waals surface area contributed by atoms with Crippen molar-refractivity contribution in [2.45, 2.75) is 33.1 Å². The molecule has 0 amide bonds. The number of thiazole rings is 1. The number of aryl methyl sites for hydroxylation is 2. The number of nitrogens with zero attached hydrogens (tertiary/aromatic N) is 1. The molecule has 0 aliphatic heterocycles. The highest BCUT2D eigenvalue weighted by Crippen LogP contribution is 2.33. The van der Waals surface area contributed by atoms with E-state index in [0.29, 0.717) is 21.9 Å². The first kappa shape index (κ1) is 20.9. The maximum atomic E-state index is 12.7. The molecule has 0 aliphatic carbocycles. The third-order valence-corrected chi connectivity index (χ3v) is 5.56.